The van der Waals surface area contributed by atoms with Crippen LogP contribution in [0, 0.1) is 0 Å². The van der Waals surface area contributed by atoms with Crippen molar-refractivity contribution in [3.63, 3.8) is 0 Å². The highest BCUT2D eigenvalue weighted by Crippen LogP contribution is 2.12. The molecule has 5 heteroatoms. The summed E-state index contributed by atoms with van der Waals surface area (Å²) in [6.07, 6.45) is 1.57. The molecule has 0 aromatic carbocycles. The predicted octanol–water partition coefficient (Wildman–Crippen LogP) is 1.89. The van der Waals surface area contributed by atoms with Crippen LogP contribution in [0.4, 0.5) is 6.01 Å². The average molecular weight is 219 g/mol. The van der Waals surface area contributed by atoms with Gasteiger partial charge < -0.3 is 14.1 Å². The van der Waals surface area contributed by atoms with Gasteiger partial charge in [0, 0.05) is 20.2 Å². The van der Waals surface area contributed by atoms with E-state index < -0.39 is 0 Å². The van der Waals surface area contributed by atoms with Crippen LogP contribution in [0.1, 0.15) is 12.6 Å². The molecule has 0 saturated carbocycles. The first kappa shape index (κ1) is 11.3. The molecule has 1 aromatic rings. The Balaban J connectivity index is 2.39. The second-order valence-corrected chi connectivity index (χ2v) is 3.14. The number of oxazole rings is 1. The number of likely N-dealkylation sites (N-methyl/N-ethyl adjacent to an activating group) is 1. The lowest BCUT2D eigenvalue weighted by Gasteiger charge is -2.13. The fourth-order valence-corrected chi connectivity index (χ4v) is 1.10. The minimum atomic E-state index is 0.378. The smallest absolute Gasteiger partial charge is 0.297 e. The Labute approximate surface area is 88.8 Å². The third kappa shape index (κ3) is 3.20. The van der Waals surface area contributed by atoms with E-state index in [1.807, 2.05) is 18.9 Å². The van der Waals surface area contributed by atoms with Crippen LogP contribution in [0.2, 0.25) is 0 Å². The Morgan fingerprint density at radius 1 is 1.64 bits per heavy atom. The van der Waals surface area contributed by atoms with Gasteiger partial charge in [-0.05, 0) is 6.92 Å². The maximum Gasteiger partial charge on any atom is 0.297 e. The van der Waals surface area contributed by atoms with Gasteiger partial charge in [0.05, 0.1) is 18.2 Å². The van der Waals surface area contributed by atoms with E-state index in [1.165, 1.54) is 0 Å². The van der Waals surface area contributed by atoms with Crippen LogP contribution in [0.25, 0.3) is 0 Å². The third-order valence-corrected chi connectivity index (χ3v) is 2.05. The summed E-state index contributed by atoms with van der Waals surface area (Å²) in [7, 11) is 1.91. The zero-order chi connectivity index (χ0) is 10.4. The minimum absolute atomic E-state index is 0.378. The first-order valence-corrected chi connectivity index (χ1v) is 5.10. The van der Waals surface area contributed by atoms with E-state index in [1.54, 1.807) is 6.26 Å². The Hall–Kier alpha value is -0.740. The first-order chi connectivity index (χ1) is 6.77. The maximum absolute atomic E-state index is 5.61. The number of rotatable bonds is 6. The number of alkyl halides is 1. The van der Waals surface area contributed by atoms with Crippen molar-refractivity contribution in [2.45, 2.75) is 12.8 Å². The van der Waals surface area contributed by atoms with E-state index in [2.05, 4.69) is 4.98 Å². The normalized spacial score (nSPS) is 10.5. The van der Waals surface area contributed by atoms with Crippen molar-refractivity contribution in [3.05, 3.63) is 12.0 Å². The number of halogens is 1. The summed E-state index contributed by atoms with van der Waals surface area (Å²) in [4.78, 5) is 6.07. The highest BCUT2D eigenvalue weighted by molar-refractivity contribution is 6.16. The maximum atomic E-state index is 5.61. The molecule has 0 atom stereocenters. The Morgan fingerprint density at radius 2 is 2.43 bits per heavy atom. The fraction of sp³-hybridized carbons (Fsp3) is 0.667. The van der Waals surface area contributed by atoms with Gasteiger partial charge in [0.15, 0.2) is 0 Å². The average Bonchev–Trinajstić information content (AvgIpc) is 2.66. The third-order valence-electron chi connectivity index (χ3n) is 1.78. The molecule has 1 aromatic heterocycles. The van der Waals surface area contributed by atoms with Crippen molar-refractivity contribution in [2.24, 2.45) is 0 Å². The molecular weight excluding hydrogens is 204 g/mol. The number of aromatic nitrogens is 1. The zero-order valence-corrected chi connectivity index (χ0v) is 9.25. The lowest BCUT2D eigenvalue weighted by atomic mass is 10.6. The molecule has 1 heterocycles. The van der Waals surface area contributed by atoms with Crippen molar-refractivity contribution in [1.82, 2.24) is 4.98 Å². The highest BCUT2D eigenvalue weighted by atomic mass is 35.5. The topological polar surface area (TPSA) is 38.5 Å². The summed E-state index contributed by atoms with van der Waals surface area (Å²) in [5.41, 5.74) is 0.755. The van der Waals surface area contributed by atoms with Crippen molar-refractivity contribution in [2.75, 3.05) is 31.7 Å². The summed E-state index contributed by atoms with van der Waals surface area (Å²) >= 11 is 5.61. The second-order valence-electron chi connectivity index (χ2n) is 2.87. The number of hydrogen-bond donors (Lipinski definition) is 0. The van der Waals surface area contributed by atoms with Gasteiger partial charge in [0.1, 0.15) is 6.26 Å². The number of anilines is 1. The molecule has 0 radical (unpaired) electrons. The monoisotopic (exact) mass is 218 g/mol. The van der Waals surface area contributed by atoms with Crippen LogP contribution in [0.15, 0.2) is 10.7 Å². The first-order valence-electron chi connectivity index (χ1n) is 4.57. The van der Waals surface area contributed by atoms with Gasteiger partial charge in [-0.2, -0.15) is 4.98 Å². The van der Waals surface area contributed by atoms with Gasteiger partial charge in [-0.3, -0.25) is 0 Å². The van der Waals surface area contributed by atoms with Gasteiger partial charge in [-0.1, -0.05) is 0 Å². The lowest BCUT2D eigenvalue weighted by molar-refractivity contribution is 0.154. The second kappa shape index (κ2) is 5.88. The molecule has 0 unspecified atom stereocenters. The SMILES string of the molecule is CCOCCN(C)c1nc(CCl)co1. The quantitative estimate of drug-likeness (QED) is 0.540. The van der Waals surface area contributed by atoms with Crippen LogP contribution in [0.5, 0.6) is 0 Å². The molecular formula is C9H15ClN2O2. The molecule has 0 amide bonds. The number of nitrogens with zero attached hydrogens (tertiary/aromatic N) is 2. The molecule has 1 rings (SSSR count). The van der Waals surface area contributed by atoms with Gasteiger partial charge in [-0.25, -0.2) is 0 Å². The standard InChI is InChI=1S/C9H15ClN2O2/c1-3-13-5-4-12(2)9-11-8(6-10)7-14-9/h7H,3-6H2,1-2H3. The summed E-state index contributed by atoms with van der Waals surface area (Å²) in [5.74, 6) is 0.378. The highest BCUT2D eigenvalue weighted by Gasteiger charge is 2.07. The summed E-state index contributed by atoms with van der Waals surface area (Å²) in [6, 6.07) is 0.584. The van der Waals surface area contributed by atoms with Gasteiger partial charge >= 0.3 is 0 Å². The van der Waals surface area contributed by atoms with E-state index in [0.717, 1.165) is 18.8 Å². The van der Waals surface area contributed by atoms with E-state index in [0.29, 0.717) is 18.5 Å². The molecule has 14 heavy (non-hydrogen) atoms. The molecule has 0 aliphatic rings. The molecule has 80 valence electrons. The largest absolute Gasteiger partial charge is 0.432 e. The molecule has 0 N–H and O–H groups in total. The molecule has 0 spiro atoms. The van der Waals surface area contributed by atoms with Crippen LogP contribution < -0.4 is 4.90 Å². The fourth-order valence-electron chi connectivity index (χ4n) is 0.974. The molecule has 4 nitrogen and oxygen atoms in total. The van der Waals surface area contributed by atoms with Gasteiger partial charge in [-0.15, -0.1) is 11.6 Å². The molecule has 0 saturated heterocycles. The van der Waals surface area contributed by atoms with Crippen LogP contribution in [0.3, 0.4) is 0 Å². The predicted molar refractivity (Wildman–Crippen MR) is 55.8 cm³/mol. The van der Waals surface area contributed by atoms with Crippen LogP contribution >= 0.6 is 11.6 Å². The van der Waals surface area contributed by atoms with E-state index in [-0.39, 0.29) is 0 Å². The van der Waals surface area contributed by atoms with Gasteiger partial charge in [0.25, 0.3) is 6.01 Å². The summed E-state index contributed by atoms with van der Waals surface area (Å²) in [6.45, 7) is 4.13. The van der Waals surface area contributed by atoms with E-state index >= 15 is 0 Å². The number of hydrogen-bond acceptors (Lipinski definition) is 4. The van der Waals surface area contributed by atoms with Crippen molar-refractivity contribution < 1.29 is 9.15 Å². The summed E-state index contributed by atoms with van der Waals surface area (Å²) in [5, 5.41) is 0. The number of ether oxygens (including phenoxy) is 1. The van der Waals surface area contributed by atoms with E-state index in [4.69, 9.17) is 20.8 Å². The summed E-state index contributed by atoms with van der Waals surface area (Å²) < 4.78 is 10.4. The van der Waals surface area contributed by atoms with E-state index in [9.17, 15) is 0 Å². The van der Waals surface area contributed by atoms with Crippen molar-refractivity contribution in [3.8, 4) is 0 Å². The molecule has 0 aliphatic carbocycles. The minimum Gasteiger partial charge on any atom is -0.432 e. The van der Waals surface area contributed by atoms with Crippen LogP contribution in [-0.4, -0.2) is 31.8 Å². The molecule has 0 fully saturated rings. The Bertz CT molecular complexity index is 265. The molecule has 0 aliphatic heterocycles. The van der Waals surface area contributed by atoms with Crippen LogP contribution in [-0.2, 0) is 10.6 Å². The van der Waals surface area contributed by atoms with Gasteiger partial charge in [0.2, 0.25) is 0 Å². The Kier molecular flexibility index (Phi) is 4.76. The lowest BCUT2D eigenvalue weighted by Crippen LogP contribution is -2.22. The Morgan fingerprint density at radius 3 is 3.00 bits per heavy atom. The zero-order valence-electron chi connectivity index (χ0n) is 8.49. The van der Waals surface area contributed by atoms with Crippen molar-refractivity contribution in [1.29, 1.82) is 0 Å². The molecule has 0 bridgehead atoms. The van der Waals surface area contributed by atoms with Crippen molar-refractivity contribution >= 4 is 17.6 Å².